The fourth-order valence-electron chi connectivity index (χ4n) is 13.3. The molecule has 4 fully saturated rings. The highest BCUT2D eigenvalue weighted by atomic mass is 32.2. The third-order valence-corrected chi connectivity index (χ3v) is 18.5. The molecule has 1 unspecified atom stereocenters. The van der Waals surface area contributed by atoms with Crippen molar-refractivity contribution in [2.75, 3.05) is 19.8 Å². The molecule has 3 saturated carbocycles. The third-order valence-electron chi connectivity index (χ3n) is 17.0. The second kappa shape index (κ2) is 17.1. The lowest BCUT2D eigenvalue weighted by molar-refractivity contribution is -0.263. The smallest absolute Gasteiger partial charge is 0.416 e. The number of unbranched alkanes of at least 4 members (excludes halogenated alkanes) is 1. The van der Waals surface area contributed by atoms with Crippen LogP contribution in [0, 0.1) is 56.7 Å². The van der Waals surface area contributed by atoms with Gasteiger partial charge in [-0.25, -0.2) is 13.1 Å². The first-order valence-corrected chi connectivity index (χ1v) is 23.8. The maximum atomic E-state index is 13.7. The predicted octanol–water partition coefficient (Wildman–Crippen LogP) is 8.93. The SMILES string of the molecule is CC(=O)O[C@@H]1C[C@@]23COC[C@@](C)([C@@H]2CC[C@H]2C3=CC[C@@]3(C)[C@H](C(=O)O)[C@@](C)([C@H](C)C(C)C)CC[C@]23C)[C@H]1OC(=O)C(N)CCCCNS(=O)(=O)c1cc(C(F)(F)F)cc(C(F)(F)F)c1. The first kappa shape index (κ1) is 50.2. The molecule has 12 atom stereocenters. The van der Waals surface area contributed by atoms with E-state index in [4.69, 9.17) is 19.9 Å². The van der Waals surface area contributed by atoms with Gasteiger partial charge in [0.25, 0.3) is 0 Å². The molecule has 1 aliphatic heterocycles. The van der Waals surface area contributed by atoms with Gasteiger partial charge in [-0.2, -0.15) is 26.3 Å². The molecular formula is C46H64F6N2O9S. The van der Waals surface area contributed by atoms with Crippen LogP contribution in [0.2, 0.25) is 0 Å². The molecule has 1 heterocycles. The van der Waals surface area contributed by atoms with Gasteiger partial charge in [-0.1, -0.05) is 66.5 Å². The van der Waals surface area contributed by atoms with Crippen molar-refractivity contribution in [3.8, 4) is 0 Å². The van der Waals surface area contributed by atoms with Crippen LogP contribution < -0.4 is 10.5 Å². The molecular weight excluding hydrogens is 871 g/mol. The zero-order valence-corrected chi connectivity index (χ0v) is 38.7. The average molecular weight is 935 g/mol. The van der Waals surface area contributed by atoms with Gasteiger partial charge in [-0.3, -0.25) is 14.4 Å². The largest absolute Gasteiger partial charge is 0.481 e. The lowest BCUT2D eigenvalue weighted by Crippen LogP contribution is -2.70. The monoisotopic (exact) mass is 934 g/mol. The van der Waals surface area contributed by atoms with Crippen LogP contribution in [0.3, 0.4) is 0 Å². The van der Waals surface area contributed by atoms with Crippen LogP contribution >= 0.6 is 0 Å². The molecule has 0 radical (unpaired) electrons. The summed E-state index contributed by atoms with van der Waals surface area (Å²) in [5, 5.41) is 11.0. The fourth-order valence-corrected chi connectivity index (χ4v) is 14.4. The number of alkyl halides is 6. The average Bonchev–Trinajstić information content (AvgIpc) is 3.17. The minimum Gasteiger partial charge on any atom is -0.481 e. The third kappa shape index (κ3) is 8.52. The van der Waals surface area contributed by atoms with Crippen molar-refractivity contribution in [3.63, 3.8) is 0 Å². The summed E-state index contributed by atoms with van der Waals surface area (Å²) < 4.78 is 126. The molecule has 0 spiro atoms. The van der Waals surface area contributed by atoms with Crippen LogP contribution in [0.25, 0.3) is 0 Å². The van der Waals surface area contributed by atoms with Gasteiger partial charge >= 0.3 is 30.3 Å². The van der Waals surface area contributed by atoms with E-state index in [0.29, 0.717) is 25.4 Å². The van der Waals surface area contributed by atoms with Crippen LogP contribution in [-0.2, 0) is 51.0 Å². The number of fused-ring (bicyclic) bond motifs is 3. The number of carbonyl (C=O) groups is 3. The number of hydrogen-bond acceptors (Lipinski definition) is 9. The highest BCUT2D eigenvalue weighted by Crippen LogP contribution is 2.75. The number of nitrogens with two attached hydrogens (primary N) is 1. The van der Waals surface area contributed by atoms with Gasteiger partial charge in [0.2, 0.25) is 10.0 Å². The summed E-state index contributed by atoms with van der Waals surface area (Å²) in [6, 6.07) is -1.11. The molecule has 1 aromatic carbocycles. The van der Waals surface area contributed by atoms with Gasteiger partial charge < -0.3 is 25.1 Å². The Hall–Kier alpha value is -3.22. The van der Waals surface area contributed by atoms with E-state index < -0.39 is 102 Å². The normalized spacial score (nSPS) is 36.1. The van der Waals surface area contributed by atoms with Crippen molar-refractivity contribution in [3.05, 3.63) is 41.0 Å². The molecule has 0 aromatic heterocycles. The second-order valence-corrected chi connectivity index (χ2v) is 22.6. The van der Waals surface area contributed by atoms with Gasteiger partial charge in [-0.05, 0) is 109 Å². The number of sulfonamides is 1. The summed E-state index contributed by atoms with van der Waals surface area (Å²) >= 11 is 0. The number of halogens is 6. The topological polar surface area (TPSA) is 171 Å². The van der Waals surface area contributed by atoms with Crippen LogP contribution in [0.5, 0.6) is 0 Å². The Kier molecular flexibility index (Phi) is 13.4. The number of carboxylic acids is 1. The van der Waals surface area contributed by atoms with Crippen LogP contribution in [0.4, 0.5) is 26.3 Å². The van der Waals surface area contributed by atoms with E-state index in [1.165, 1.54) is 12.5 Å². The maximum absolute atomic E-state index is 13.7. The zero-order valence-electron chi connectivity index (χ0n) is 37.9. The highest BCUT2D eigenvalue weighted by molar-refractivity contribution is 7.89. The Balaban J connectivity index is 1.17. The summed E-state index contributed by atoms with van der Waals surface area (Å²) in [6.07, 6.45) is -5.81. The van der Waals surface area contributed by atoms with Crippen molar-refractivity contribution in [2.24, 2.45) is 62.4 Å². The molecule has 0 amide bonds. The van der Waals surface area contributed by atoms with Gasteiger partial charge in [0, 0.05) is 24.3 Å². The first-order chi connectivity index (χ1) is 29.4. The summed E-state index contributed by atoms with van der Waals surface area (Å²) in [5.41, 5.74) is 1.26. The molecule has 4 N–H and O–H groups in total. The molecule has 11 nitrogen and oxygen atoms in total. The molecule has 1 aromatic rings. The molecule has 18 heteroatoms. The van der Waals surface area contributed by atoms with Crippen molar-refractivity contribution in [1.29, 1.82) is 0 Å². The Morgan fingerprint density at radius 3 is 2.11 bits per heavy atom. The lowest BCUT2D eigenvalue weighted by atomic mass is 9.34. The standard InChI is InChI=1S/C46H64F6N2O9S/c1-25(2)26(3)40(5)16-17-42(7)31-12-13-35-41(6)23-61-24-44(35,32(31)14-15-43(42,8)36(40)38(56)57)22-34(62-27(4)55)37(41)63-39(58)33(53)11-9-10-18-54-64(59,60)30-20-28(45(47,48)49)19-29(21-30)46(50,51)52/h14,19-21,25-26,31,33-37,54H,9-13,15-18,22-24,53H2,1-8H3,(H,56,57)/t26-,31+,33?,34-,35+,36-,37+,40-,41+,42-,43+,44+/m1/s1. The number of carbonyl (C=O) groups excluding carboxylic acids is 2. The fraction of sp³-hybridized carbons (Fsp3) is 0.761. The van der Waals surface area contributed by atoms with Gasteiger partial charge in [-0.15, -0.1) is 0 Å². The molecule has 1 saturated heterocycles. The van der Waals surface area contributed by atoms with E-state index in [2.05, 4.69) is 47.6 Å². The van der Waals surface area contributed by atoms with E-state index >= 15 is 0 Å². The molecule has 4 aliphatic carbocycles. The number of rotatable bonds is 13. The minimum absolute atomic E-state index is 0.00782. The first-order valence-electron chi connectivity index (χ1n) is 22.3. The number of aliphatic carboxylic acids is 1. The van der Waals surface area contributed by atoms with Crippen LogP contribution in [-0.4, -0.2) is 69.4 Å². The quantitative estimate of drug-likeness (QED) is 0.0751. The Morgan fingerprint density at radius 1 is 0.922 bits per heavy atom. The number of esters is 2. The van der Waals surface area contributed by atoms with Crippen molar-refractivity contribution < 1.29 is 68.5 Å². The zero-order chi connectivity index (χ0) is 47.8. The van der Waals surface area contributed by atoms with E-state index in [9.17, 15) is 54.3 Å². The van der Waals surface area contributed by atoms with E-state index in [0.717, 1.165) is 25.7 Å². The van der Waals surface area contributed by atoms with Gasteiger partial charge in [0.1, 0.15) is 18.2 Å². The predicted molar refractivity (Wildman–Crippen MR) is 222 cm³/mol. The molecule has 64 heavy (non-hydrogen) atoms. The number of ether oxygens (including phenoxy) is 3. The number of benzene rings is 1. The number of allylic oxidation sites excluding steroid dienone is 1. The molecule has 2 bridgehead atoms. The Bertz CT molecular complexity index is 2100. The minimum atomic E-state index is -5.23. The molecule has 6 rings (SSSR count). The maximum Gasteiger partial charge on any atom is 0.416 e. The van der Waals surface area contributed by atoms with Crippen molar-refractivity contribution >= 4 is 27.9 Å². The Labute approximate surface area is 372 Å². The van der Waals surface area contributed by atoms with Crippen molar-refractivity contribution in [1.82, 2.24) is 4.72 Å². The van der Waals surface area contributed by atoms with E-state index in [-0.39, 0.29) is 73.8 Å². The number of carboxylic acid groups (broad SMARTS) is 1. The summed E-state index contributed by atoms with van der Waals surface area (Å²) in [5.74, 6) is -2.20. The number of nitrogens with one attached hydrogen (secondary N) is 1. The molecule has 360 valence electrons. The van der Waals surface area contributed by atoms with Crippen LogP contribution in [0.1, 0.15) is 124 Å². The van der Waals surface area contributed by atoms with E-state index in [1.54, 1.807) is 0 Å². The van der Waals surface area contributed by atoms with Gasteiger partial charge in [0.05, 0.1) is 35.2 Å². The second-order valence-electron chi connectivity index (χ2n) is 20.8. The van der Waals surface area contributed by atoms with Crippen LogP contribution in [0.15, 0.2) is 34.7 Å². The summed E-state index contributed by atoms with van der Waals surface area (Å²) in [6.45, 7) is 16.6. The van der Waals surface area contributed by atoms with E-state index in [1.807, 2.05) is 11.6 Å². The lowest BCUT2D eigenvalue weighted by Gasteiger charge is -2.71. The Morgan fingerprint density at radius 2 is 1.55 bits per heavy atom. The van der Waals surface area contributed by atoms with Gasteiger partial charge in [0.15, 0.2) is 0 Å². The van der Waals surface area contributed by atoms with Crippen molar-refractivity contribution in [2.45, 2.75) is 149 Å². The highest BCUT2D eigenvalue weighted by Gasteiger charge is 2.72. The summed E-state index contributed by atoms with van der Waals surface area (Å²) in [7, 11) is -4.79. The summed E-state index contributed by atoms with van der Waals surface area (Å²) in [4.78, 5) is 38.7. The number of hydrogen-bond donors (Lipinski definition) is 3. The molecule has 5 aliphatic rings.